The first kappa shape index (κ1) is 36.7. The fourth-order valence-corrected chi connectivity index (χ4v) is 6.53. The zero-order valence-corrected chi connectivity index (χ0v) is 28.7. The molecule has 2 aromatic carbocycles. The van der Waals surface area contributed by atoms with Crippen LogP contribution in [0.4, 0.5) is 0 Å². The third-order valence-corrected chi connectivity index (χ3v) is 9.55. The van der Waals surface area contributed by atoms with Crippen molar-refractivity contribution >= 4 is 11.6 Å². The van der Waals surface area contributed by atoms with Crippen LogP contribution in [-0.4, -0.2) is 55.3 Å². The predicted octanol–water partition coefficient (Wildman–Crippen LogP) is 6.82. The molecule has 0 bridgehead atoms. The van der Waals surface area contributed by atoms with Crippen LogP contribution in [0, 0.1) is 35.5 Å². The molecular formula is C37H54O8. The van der Waals surface area contributed by atoms with Gasteiger partial charge in [-0.15, -0.1) is 0 Å². The van der Waals surface area contributed by atoms with E-state index in [0.717, 1.165) is 29.0 Å². The van der Waals surface area contributed by atoms with Crippen molar-refractivity contribution in [3.8, 4) is 11.5 Å². The fourth-order valence-electron chi connectivity index (χ4n) is 6.53. The number of rotatable bonds is 16. The summed E-state index contributed by atoms with van der Waals surface area (Å²) in [7, 11) is 3.24. The number of benzene rings is 2. The second-order valence-electron chi connectivity index (χ2n) is 13.0. The van der Waals surface area contributed by atoms with Gasteiger partial charge in [-0.3, -0.25) is 9.59 Å². The number of ketones is 2. The summed E-state index contributed by atoms with van der Waals surface area (Å²) in [6.07, 6.45) is -1.68. The second-order valence-corrected chi connectivity index (χ2v) is 13.0. The first-order valence-electron chi connectivity index (χ1n) is 16.3. The average molecular weight is 627 g/mol. The Labute approximate surface area is 269 Å². The molecule has 0 aromatic heterocycles. The van der Waals surface area contributed by atoms with Gasteiger partial charge >= 0.3 is 0 Å². The van der Waals surface area contributed by atoms with Crippen molar-refractivity contribution in [3.05, 3.63) is 59.7 Å². The molecule has 0 amide bonds. The standard InChI is InChI=1S/C37H54O8/c1-11-31-22(4)36(45-37(44-31)28-14-18-30(42-10)19-15-28)26(8)34(40)24(6)32(38)23(5)33(39)25(7)35(21(2)3)43-20-27-12-16-29(41-9)17-13-27/h12-19,21-26,31,33,35-37,39H,11,20H2,1-10H3/t22-,23-,24+,25-,26+,31+,33-,35+,36-,37+/m1/s1. The number of carbonyl (C=O) groups is 2. The summed E-state index contributed by atoms with van der Waals surface area (Å²) in [4.78, 5) is 27.5. The average Bonchev–Trinajstić information content (AvgIpc) is 3.06. The number of aliphatic hydroxyl groups excluding tert-OH is 1. The Bertz CT molecular complexity index is 1210. The zero-order valence-electron chi connectivity index (χ0n) is 28.7. The van der Waals surface area contributed by atoms with Crippen molar-refractivity contribution in [2.24, 2.45) is 35.5 Å². The van der Waals surface area contributed by atoms with Crippen molar-refractivity contribution in [3.63, 3.8) is 0 Å². The van der Waals surface area contributed by atoms with Crippen LogP contribution >= 0.6 is 0 Å². The number of methoxy groups -OCH3 is 2. The topological polar surface area (TPSA) is 101 Å². The van der Waals surface area contributed by atoms with Crippen molar-refractivity contribution < 1.29 is 38.4 Å². The lowest BCUT2D eigenvalue weighted by molar-refractivity contribution is -0.279. The zero-order chi connectivity index (χ0) is 33.4. The van der Waals surface area contributed by atoms with Crippen molar-refractivity contribution in [1.29, 1.82) is 0 Å². The lowest BCUT2D eigenvalue weighted by atomic mass is 9.76. The number of hydrogen-bond acceptors (Lipinski definition) is 8. The van der Waals surface area contributed by atoms with Gasteiger partial charge in [0.15, 0.2) is 6.29 Å². The molecule has 0 aliphatic carbocycles. The Morgan fingerprint density at radius 3 is 1.91 bits per heavy atom. The molecule has 10 atom stereocenters. The summed E-state index contributed by atoms with van der Waals surface area (Å²) in [5.74, 6) is -1.44. The second kappa shape index (κ2) is 16.7. The SMILES string of the molecule is CC[C@@H]1O[C@H](c2ccc(OC)cc2)O[C@@H]([C@@H](C)C(=O)[C@@H](C)C(=O)[C@@H](C)[C@@H](O)[C@@H](C)[C@@H](OCc2ccc(OC)cc2)C(C)C)[C@@H]1C. The molecule has 45 heavy (non-hydrogen) atoms. The molecule has 3 rings (SSSR count). The van der Waals surface area contributed by atoms with Gasteiger partial charge in [-0.25, -0.2) is 0 Å². The van der Waals surface area contributed by atoms with Gasteiger partial charge in [0, 0.05) is 29.2 Å². The van der Waals surface area contributed by atoms with Crippen LogP contribution in [0.5, 0.6) is 11.5 Å². The molecule has 1 fully saturated rings. The molecule has 0 saturated carbocycles. The van der Waals surface area contributed by atoms with Crippen LogP contribution in [0.2, 0.25) is 0 Å². The number of carbonyl (C=O) groups excluding carboxylic acids is 2. The van der Waals surface area contributed by atoms with E-state index in [-0.39, 0.29) is 41.5 Å². The van der Waals surface area contributed by atoms with Gasteiger partial charge in [0.2, 0.25) is 0 Å². The molecule has 1 N–H and O–H groups in total. The highest BCUT2D eigenvalue weighted by Gasteiger charge is 2.44. The molecule has 250 valence electrons. The summed E-state index contributed by atoms with van der Waals surface area (Å²) in [6.45, 7) is 15.6. The van der Waals surface area contributed by atoms with Crippen molar-refractivity contribution in [2.45, 2.75) is 99.1 Å². The van der Waals surface area contributed by atoms with Crippen molar-refractivity contribution in [2.75, 3.05) is 14.2 Å². The lowest BCUT2D eigenvalue weighted by Crippen LogP contribution is -2.48. The van der Waals surface area contributed by atoms with Gasteiger partial charge < -0.3 is 28.8 Å². The van der Waals surface area contributed by atoms with Gasteiger partial charge in [0.25, 0.3) is 0 Å². The molecule has 1 aliphatic heterocycles. The van der Waals surface area contributed by atoms with Crippen molar-refractivity contribution in [1.82, 2.24) is 0 Å². The van der Waals surface area contributed by atoms with Crippen LogP contribution in [-0.2, 0) is 30.4 Å². The highest BCUT2D eigenvalue weighted by atomic mass is 16.7. The molecule has 0 unspecified atom stereocenters. The van der Waals surface area contributed by atoms with E-state index in [0.29, 0.717) is 6.61 Å². The molecule has 0 radical (unpaired) electrons. The molecule has 8 nitrogen and oxygen atoms in total. The van der Waals surface area contributed by atoms with E-state index in [1.54, 1.807) is 28.1 Å². The van der Waals surface area contributed by atoms with E-state index in [4.69, 9.17) is 23.7 Å². The quantitative estimate of drug-likeness (QED) is 0.203. The van der Waals surface area contributed by atoms with Crippen LogP contribution in [0.3, 0.4) is 0 Å². The first-order chi connectivity index (χ1) is 21.3. The van der Waals surface area contributed by atoms with Gasteiger partial charge in [-0.05, 0) is 49.1 Å². The van der Waals surface area contributed by atoms with E-state index in [1.807, 2.05) is 83.1 Å². The maximum atomic E-state index is 13.8. The smallest absolute Gasteiger partial charge is 0.184 e. The van der Waals surface area contributed by atoms with Gasteiger partial charge in [0.1, 0.15) is 23.1 Å². The van der Waals surface area contributed by atoms with E-state index >= 15 is 0 Å². The Hall–Kier alpha value is -2.78. The van der Waals surface area contributed by atoms with Crippen LogP contribution in [0.15, 0.2) is 48.5 Å². The summed E-state index contributed by atoms with van der Waals surface area (Å²) in [5.41, 5.74) is 1.83. The highest BCUT2D eigenvalue weighted by Crippen LogP contribution is 2.39. The maximum absolute atomic E-state index is 13.8. The molecule has 1 heterocycles. The third kappa shape index (κ3) is 8.94. The summed E-state index contributed by atoms with van der Waals surface area (Å²) < 4.78 is 29.5. The minimum Gasteiger partial charge on any atom is -0.497 e. The lowest BCUT2D eigenvalue weighted by Gasteiger charge is -2.43. The van der Waals surface area contributed by atoms with Crippen LogP contribution in [0.1, 0.15) is 79.2 Å². The van der Waals surface area contributed by atoms with Gasteiger partial charge in [-0.1, -0.05) is 72.7 Å². The summed E-state index contributed by atoms with van der Waals surface area (Å²) in [6, 6.07) is 15.2. The van der Waals surface area contributed by atoms with E-state index in [9.17, 15) is 14.7 Å². The fraction of sp³-hybridized carbons (Fsp3) is 0.622. The Kier molecular flexibility index (Phi) is 13.6. The van der Waals surface area contributed by atoms with Gasteiger partial charge in [-0.2, -0.15) is 0 Å². The molecule has 1 aliphatic rings. The molecular weight excluding hydrogens is 572 g/mol. The van der Waals surface area contributed by atoms with Crippen LogP contribution < -0.4 is 9.47 Å². The van der Waals surface area contributed by atoms with Gasteiger partial charge in [0.05, 0.1) is 51.2 Å². The minimum atomic E-state index is -0.978. The maximum Gasteiger partial charge on any atom is 0.184 e. The predicted molar refractivity (Wildman–Crippen MR) is 174 cm³/mol. The number of Topliss-reactive ketones (excluding diaryl/α,β-unsaturated/α-hetero) is 2. The Morgan fingerprint density at radius 1 is 0.844 bits per heavy atom. The molecule has 1 saturated heterocycles. The highest BCUT2D eigenvalue weighted by molar-refractivity contribution is 6.04. The van der Waals surface area contributed by atoms with E-state index in [2.05, 4.69) is 6.92 Å². The Morgan fingerprint density at radius 2 is 1.40 bits per heavy atom. The third-order valence-electron chi connectivity index (χ3n) is 9.55. The number of ether oxygens (including phenoxy) is 5. The molecule has 2 aromatic rings. The first-order valence-corrected chi connectivity index (χ1v) is 16.3. The monoisotopic (exact) mass is 626 g/mol. The number of aliphatic hydroxyl groups is 1. The van der Waals surface area contributed by atoms with Crippen LogP contribution in [0.25, 0.3) is 0 Å². The minimum absolute atomic E-state index is 0.0524. The molecule has 8 heteroatoms. The summed E-state index contributed by atoms with van der Waals surface area (Å²) in [5, 5.41) is 11.4. The Balaban J connectivity index is 1.68. The largest absolute Gasteiger partial charge is 0.497 e. The van der Waals surface area contributed by atoms with E-state index < -0.39 is 36.3 Å². The normalized spacial score (nSPS) is 24.3. The molecule has 0 spiro atoms. The summed E-state index contributed by atoms with van der Waals surface area (Å²) >= 11 is 0. The number of hydrogen-bond donors (Lipinski definition) is 1. The van der Waals surface area contributed by atoms with E-state index in [1.165, 1.54) is 0 Å².